The highest BCUT2D eigenvalue weighted by Crippen LogP contribution is 2.27. The molecule has 1 fully saturated rings. The van der Waals surface area contributed by atoms with Gasteiger partial charge in [0.1, 0.15) is 0 Å². The molecule has 0 aliphatic heterocycles. The zero-order valence-electron chi connectivity index (χ0n) is 8.77. The molecule has 0 amide bonds. The number of rotatable bonds is 7. The van der Waals surface area contributed by atoms with Gasteiger partial charge in [-0.25, -0.2) is 13.1 Å². The van der Waals surface area contributed by atoms with Crippen LogP contribution in [0.25, 0.3) is 0 Å². The Bertz CT molecular complexity index is 321. The summed E-state index contributed by atoms with van der Waals surface area (Å²) in [6.07, 6.45) is 2.63. The van der Waals surface area contributed by atoms with Gasteiger partial charge in [0.05, 0.1) is 11.2 Å². The molecule has 0 aromatic heterocycles. The molecule has 1 unspecified atom stereocenters. The Labute approximate surface area is 89.9 Å². The number of hydrogen-bond donors (Lipinski definition) is 2. The molecule has 15 heavy (non-hydrogen) atoms. The van der Waals surface area contributed by atoms with E-state index in [4.69, 9.17) is 5.11 Å². The van der Waals surface area contributed by atoms with E-state index in [1.165, 1.54) is 0 Å². The van der Waals surface area contributed by atoms with Crippen LogP contribution in [0.2, 0.25) is 0 Å². The van der Waals surface area contributed by atoms with Crippen LogP contribution in [0, 0.1) is 5.92 Å². The lowest BCUT2D eigenvalue weighted by molar-refractivity contribution is -0.141. The molecular formula is C9H17NO4S. The number of aliphatic carboxylic acids is 1. The standard InChI is InChI=1S/C9H17NO4S/c1-2-3-7(9(11)12)6-10-15(13,14)8-4-5-8/h7-8,10H,2-6H2,1H3,(H,11,12). The zero-order chi connectivity index (χ0) is 11.5. The van der Waals surface area contributed by atoms with Crippen molar-refractivity contribution < 1.29 is 18.3 Å². The summed E-state index contributed by atoms with van der Waals surface area (Å²) in [5, 5.41) is 8.54. The molecule has 0 bridgehead atoms. The Morgan fingerprint density at radius 1 is 1.53 bits per heavy atom. The van der Waals surface area contributed by atoms with Crippen LogP contribution in [0.5, 0.6) is 0 Å². The second-order valence-electron chi connectivity index (χ2n) is 3.92. The highest BCUT2D eigenvalue weighted by Gasteiger charge is 2.36. The molecule has 2 N–H and O–H groups in total. The normalized spacial score (nSPS) is 18.7. The summed E-state index contributed by atoms with van der Waals surface area (Å²) >= 11 is 0. The van der Waals surface area contributed by atoms with E-state index in [1.807, 2.05) is 6.92 Å². The summed E-state index contributed by atoms with van der Waals surface area (Å²) in [7, 11) is -3.25. The maximum absolute atomic E-state index is 11.4. The largest absolute Gasteiger partial charge is 0.481 e. The van der Waals surface area contributed by atoms with Crippen LogP contribution in [0.3, 0.4) is 0 Å². The average Bonchev–Trinajstić information content (AvgIpc) is 2.94. The van der Waals surface area contributed by atoms with Crippen molar-refractivity contribution in [2.75, 3.05) is 6.54 Å². The van der Waals surface area contributed by atoms with Gasteiger partial charge in [-0.3, -0.25) is 4.79 Å². The quantitative estimate of drug-likeness (QED) is 0.675. The maximum Gasteiger partial charge on any atom is 0.307 e. The Morgan fingerprint density at radius 3 is 2.53 bits per heavy atom. The Morgan fingerprint density at radius 2 is 2.13 bits per heavy atom. The molecule has 88 valence electrons. The summed E-state index contributed by atoms with van der Waals surface area (Å²) in [6, 6.07) is 0. The van der Waals surface area contributed by atoms with Gasteiger partial charge in [-0.15, -0.1) is 0 Å². The molecule has 0 radical (unpaired) electrons. The van der Waals surface area contributed by atoms with Crippen molar-refractivity contribution in [3.63, 3.8) is 0 Å². The van der Waals surface area contributed by atoms with E-state index in [-0.39, 0.29) is 11.8 Å². The lowest BCUT2D eigenvalue weighted by Crippen LogP contribution is -2.34. The molecule has 0 aromatic carbocycles. The van der Waals surface area contributed by atoms with Gasteiger partial charge in [0.2, 0.25) is 10.0 Å². The minimum atomic E-state index is -3.25. The molecule has 1 saturated carbocycles. The smallest absolute Gasteiger partial charge is 0.307 e. The monoisotopic (exact) mass is 235 g/mol. The van der Waals surface area contributed by atoms with Crippen LogP contribution < -0.4 is 4.72 Å². The van der Waals surface area contributed by atoms with Gasteiger partial charge in [0, 0.05) is 6.54 Å². The predicted molar refractivity (Wildman–Crippen MR) is 56.0 cm³/mol. The van der Waals surface area contributed by atoms with Gasteiger partial charge < -0.3 is 5.11 Å². The molecule has 0 heterocycles. The second kappa shape index (κ2) is 4.94. The minimum Gasteiger partial charge on any atom is -0.481 e. The van der Waals surface area contributed by atoms with Crippen molar-refractivity contribution in [1.82, 2.24) is 4.72 Å². The summed E-state index contributed by atoms with van der Waals surface area (Å²) < 4.78 is 25.2. The fourth-order valence-electron chi connectivity index (χ4n) is 1.37. The van der Waals surface area contributed by atoms with Gasteiger partial charge in [-0.2, -0.15) is 0 Å². The van der Waals surface area contributed by atoms with E-state index in [0.29, 0.717) is 19.3 Å². The van der Waals surface area contributed by atoms with Gasteiger partial charge in [0.15, 0.2) is 0 Å². The van der Waals surface area contributed by atoms with Crippen LogP contribution in [0.1, 0.15) is 32.6 Å². The molecule has 1 aliphatic rings. The molecule has 1 atom stereocenters. The number of carboxylic acid groups (broad SMARTS) is 1. The minimum absolute atomic E-state index is 0.0159. The van der Waals surface area contributed by atoms with E-state index < -0.39 is 21.9 Å². The predicted octanol–water partition coefficient (Wildman–Crippen LogP) is 0.569. The van der Waals surface area contributed by atoms with Gasteiger partial charge in [0.25, 0.3) is 0 Å². The molecule has 0 aromatic rings. The molecule has 5 nitrogen and oxygen atoms in total. The summed E-state index contributed by atoms with van der Waals surface area (Å²) in [6.45, 7) is 1.90. The first-order valence-corrected chi connectivity index (χ1v) is 6.73. The molecule has 6 heteroatoms. The van der Waals surface area contributed by atoms with Crippen molar-refractivity contribution >= 4 is 16.0 Å². The van der Waals surface area contributed by atoms with Crippen LogP contribution in [-0.2, 0) is 14.8 Å². The lowest BCUT2D eigenvalue weighted by Gasteiger charge is -2.12. The van der Waals surface area contributed by atoms with Crippen molar-refractivity contribution in [2.45, 2.75) is 37.9 Å². The van der Waals surface area contributed by atoms with Crippen LogP contribution in [0.4, 0.5) is 0 Å². The third-order valence-corrected chi connectivity index (χ3v) is 4.40. The van der Waals surface area contributed by atoms with Crippen molar-refractivity contribution in [1.29, 1.82) is 0 Å². The first kappa shape index (κ1) is 12.4. The molecule has 1 aliphatic carbocycles. The van der Waals surface area contributed by atoms with E-state index in [2.05, 4.69) is 4.72 Å². The fourth-order valence-corrected chi connectivity index (χ4v) is 2.80. The van der Waals surface area contributed by atoms with E-state index in [1.54, 1.807) is 0 Å². The Hall–Kier alpha value is -0.620. The first-order valence-electron chi connectivity index (χ1n) is 5.18. The molecule has 0 spiro atoms. The first-order chi connectivity index (χ1) is 6.97. The topological polar surface area (TPSA) is 83.5 Å². The van der Waals surface area contributed by atoms with Crippen LogP contribution in [0.15, 0.2) is 0 Å². The third-order valence-electron chi connectivity index (χ3n) is 2.48. The van der Waals surface area contributed by atoms with Crippen LogP contribution >= 0.6 is 0 Å². The summed E-state index contributed by atoms with van der Waals surface area (Å²) in [4.78, 5) is 10.8. The summed E-state index contributed by atoms with van der Waals surface area (Å²) in [5.41, 5.74) is 0. The van der Waals surface area contributed by atoms with Crippen molar-refractivity contribution in [2.24, 2.45) is 5.92 Å². The molecule has 0 saturated heterocycles. The van der Waals surface area contributed by atoms with Gasteiger partial charge >= 0.3 is 5.97 Å². The summed E-state index contributed by atoms with van der Waals surface area (Å²) in [5.74, 6) is -1.54. The number of hydrogen-bond acceptors (Lipinski definition) is 3. The van der Waals surface area contributed by atoms with E-state index >= 15 is 0 Å². The number of sulfonamides is 1. The van der Waals surface area contributed by atoms with Crippen LogP contribution in [-0.4, -0.2) is 31.3 Å². The number of carbonyl (C=O) groups is 1. The van der Waals surface area contributed by atoms with E-state index in [9.17, 15) is 13.2 Å². The van der Waals surface area contributed by atoms with E-state index in [0.717, 1.165) is 6.42 Å². The number of carboxylic acids is 1. The highest BCUT2D eigenvalue weighted by molar-refractivity contribution is 7.90. The molecule has 1 rings (SSSR count). The fraction of sp³-hybridized carbons (Fsp3) is 0.889. The zero-order valence-corrected chi connectivity index (χ0v) is 9.59. The Balaban J connectivity index is 2.42. The van der Waals surface area contributed by atoms with Gasteiger partial charge in [-0.1, -0.05) is 13.3 Å². The SMILES string of the molecule is CCCC(CNS(=O)(=O)C1CC1)C(=O)O. The third kappa shape index (κ3) is 3.79. The maximum atomic E-state index is 11.4. The van der Waals surface area contributed by atoms with Crippen molar-refractivity contribution in [3.05, 3.63) is 0 Å². The Kier molecular flexibility index (Phi) is 4.10. The second-order valence-corrected chi connectivity index (χ2v) is 5.96. The highest BCUT2D eigenvalue weighted by atomic mass is 32.2. The average molecular weight is 235 g/mol. The van der Waals surface area contributed by atoms with Gasteiger partial charge in [-0.05, 0) is 19.3 Å². The number of nitrogens with one attached hydrogen (secondary N) is 1. The molecular weight excluding hydrogens is 218 g/mol. The van der Waals surface area contributed by atoms with Crippen molar-refractivity contribution in [3.8, 4) is 0 Å². The lowest BCUT2D eigenvalue weighted by atomic mass is 10.1.